The number of carbonyl (C=O) groups excluding carboxylic acids is 2. The Hall–Kier alpha value is -4.11. The average molecular weight is 431 g/mol. The fourth-order valence-electron chi connectivity index (χ4n) is 2.65. The summed E-state index contributed by atoms with van der Waals surface area (Å²) >= 11 is 1.52. The molecule has 4 aromatic rings. The number of aromatic nitrogens is 4. The number of anilines is 1. The second-order valence-corrected chi connectivity index (χ2v) is 7.35. The second kappa shape index (κ2) is 9.59. The van der Waals surface area contributed by atoms with Gasteiger partial charge < -0.3 is 4.74 Å². The summed E-state index contributed by atoms with van der Waals surface area (Å²) in [4.78, 5) is 33.6. The molecule has 0 aliphatic rings. The lowest BCUT2D eigenvalue weighted by Crippen LogP contribution is -2.13. The number of benzene rings is 1. The zero-order chi connectivity index (χ0) is 21.5. The van der Waals surface area contributed by atoms with E-state index in [0.717, 1.165) is 4.88 Å². The van der Waals surface area contributed by atoms with E-state index >= 15 is 0 Å². The van der Waals surface area contributed by atoms with Gasteiger partial charge >= 0.3 is 6.09 Å². The SMILES string of the molecule is O=C(Nc1ccc(C(=O)/C=C/c2cccc(-n3cncn3)n2)cc1)OCc1cccs1. The van der Waals surface area contributed by atoms with E-state index in [1.165, 1.54) is 28.4 Å². The topological polar surface area (TPSA) is 99.0 Å². The number of allylic oxidation sites excluding steroid dienone is 1. The molecular formula is C22H17N5O3S. The molecule has 0 unspecified atom stereocenters. The van der Waals surface area contributed by atoms with E-state index in [4.69, 9.17) is 4.74 Å². The number of ether oxygens (including phenoxy) is 1. The maximum atomic E-state index is 12.4. The summed E-state index contributed by atoms with van der Waals surface area (Å²) in [6.07, 6.45) is 5.51. The summed E-state index contributed by atoms with van der Waals surface area (Å²) in [6, 6.07) is 15.8. The quantitative estimate of drug-likeness (QED) is 0.345. The van der Waals surface area contributed by atoms with Gasteiger partial charge in [0.05, 0.1) is 5.69 Å². The van der Waals surface area contributed by atoms with Gasteiger partial charge in [-0.2, -0.15) is 5.10 Å². The number of ketones is 1. The standard InChI is InChI=1S/C22H17N5O3S/c28-20(11-10-17-3-1-5-21(25-17)27-15-23-14-24-27)16-6-8-18(9-7-16)26-22(29)30-13-19-4-2-12-31-19/h1-12,14-15H,13H2,(H,26,29)/b11-10+. The molecule has 9 heteroatoms. The molecule has 0 saturated carbocycles. The van der Waals surface area contributed by atoms with E-state index in [9.17, 15) is 9.59 Å². The number of hydrogen-bond donors (Lipinski definition) is 1. The molecule has 1 aromatic carbocycles. The van der Waals surface area contributed by atoms with E-state index in [0.29, 0.717) is 22.8 Å². The van der Waals surface area contributed by atoms with Crippen LogP contribution in [0.2, 0.25) is 0 Å². The first kappa shape index (κ1) is 20.2. The maximum Gasteiger partial charge on any atom is 0.411 e. The van der Waals surface area contributed by atoms with Crippen LogP contribution in [0.4, 0.5) is 10.5 Å². The van der Waals surface area contributed by atoms with Gasteiger partial charge in [-0.1, -0.05) is 12.1 Å². The van der Waals surface area contributed by atoms with Crippen molar-refractivity contribution in [2.24, 2.45) is 0 Å². The Kier molecular flexibility index (Phi) is 6.24. The fraction of sp³-hybridized carbons (Fsp3) is 0.0455. The molecule has 3 aromatic heterocycles. The highest BCUT2D eigenvalue weighted by atomic mass is 32.1. The van der Waals surface area contributed by atoms with Crippen LogP contribution in [0.15, 0.2) is 78.7 Å². The highest BCUT2D eigenvalue weighted by molar-refractivity contribution is 7.09. The molecule has 0 radical (unpaired) electrons. The maximum absolute atomic E-state index is 12.4. The Morgan fingerprint density at radius 1 is 1.10 bits per heavy atom. The van der Waals surface area contributed by atoms with Crippen molar-refractivity contribution < 1.29 is 14.3 Å². The van der Waals surface area contributed by atoms with Gasteiger partial charge in [-0.05, 0) is 60.0 Å². The monoisotopic (exact) mass is 431 g/mol. The van der Waals surface area contributed by atoms with Crippen LogP contribution in [0.1, 0.15) is 20.9 Å². The second-order valence-electron chi connectivity index (χ2n) is 6.32. The van der Waals surface area contributed by atoms with Gasteiger partial charge in [0.15, 0.2) is 11.6 Å². The summed E-state index contributed by atoms with van der Waals surface area (Å²) in [5.41, 5.74) is 1.65. The molecular weight excluding hydrogens is 414 g/mol. The lowest BCUT2D eigenvalue weighted by Gasteiger charge is -2.06. The number of nitrogens with one attached hydrogen (secondary N) is 1. The van der Waals surface area contributed by atoms with Crippen LogP contribution in [0.5, 0.6) is 0 Å². The van der Waals surface area contributed by atoms with Gasteiger partial charge in [0.1, 0.15) is 19.3 Å². The summed E-state index contributed by atoms with van der Waals surface area (Å²) in [5.74, 6) is 0.424. The first-order valence-electron chi connectivity index (χ1n) is 9.28. The zero-order valence-electron chi connectivity index (χ0n) is 16.2. The van der Waals surface area contributed by atoms with Crippen molar-refractivity contribution in [2.75, 3.05) is 5.32 Å². The molecule has 4 rings (SSSR count). The molecule has 0 saturated heterocycles. The van der Waals surface area contributed by atoms with Gasteiger partial charge in [0, 0.05) is 16.1 Å². The summed E-state index contributed by atoms with van der Waals surface area (Å²) in [6.45, 7) is 0.219. The van der Waals surface area contributed by atoms with Crippen molar-refractivity contribution in [3.8, 4) is 5.82 Å². The Morgan fingerprint density at radius 2 is 1.97 bits per heavy atom. The van der Waals surface area contributed by atoms with E-state index in [2.05, 4.69) is 20.4 Å². The number of pyridine rings is 1. The van der Waals surface area contributed by atoms with Crippen LogP contribution in [0, 0.1) is 0 Å². The van der Waals surface area contributed by atoms with Crippen LogP contribution >= 0.6 is 11.3 Å². The molecule has 1 N–H and O–H groups in total. The Balaban J connectivity index is 1.34. The largest absolute Gasteiger partial charge is 0.444 e. The molecule has 0 aliphatic heterocycles. The van der Waals surface area contributed by atoms with Gasteiger partial charge in [0.25, 0.3) is 0 Å². The van der Waals surface area contributed by atoms with Crippen LogP contribution in [0.25, 0.3) is 11.9 Å². The summed E-state index contributed by atoms with van der Waals surface area (Å²) < 4.78 is 6.70. The summed E-state index contributed by atoms with van der Waals surface area (Å²) in [5, 5.41) is 8.60. The van der Waals surface area contributed by atoms with Crippen molar-refractivity contribution in [3.05, 3.63) is 94.8 Å². The van der Waals surface area contributed by atoms with Crippen LogP contribution in [-0.4, -0.2) is 31.6 Å². The first-order chi connectivity index (χ1) is 15.2. The van der Waals surface area contributed by atoms with E-state index < -0.39 is 6.09 Å². The van der Waals surface area contributed by atoms with Crippen LogP contribution < -0.4 is 5.32 Å². The van der Waals surface area contributed by atoms with Gasteiger partial charge in [-0.15, -0.1) is 11.3 Å². The van der Waals surface area contributed by atoms with Crippen LogP contribution in [-0.2, 0) is 11.3 Å². The van der Waals surface area contributed by atoms with Crippen LogP contribution in [0.3, 0.4) is 0 Å². The Labute approximate surface area is 181 Å². The molecule has 0 bridgehead atoms. The number of rotatable bonds is 7. The Bertz CT molecular complexity index is 1190. The van der Waals surface area contributed by atoms with Gasteiger partial charge in [-0.25, -0.2) is 19.4 Å². The number of carbonyl (C=O) groups is 2. The highest BCUT2D eigenvalue weighted by Crippen LogP contribution is 2.14. The van der Waals surface area contributed by atoms with Crippen molar-refractivity contribution in [1.82, 2.24) is 19.7 Å². The fourth-order valence-corrected chi connectivity index (χ4v) is 3.26. The minimum absolute atomic E-state index is 0.181. The third kappa shape index (κ3) is 5.49. The number of nitrogens with zero attached hydrogens (tertiary/aromatic N) is 4. The Morgan fingerprint density at radius 3 is 2.71 bits per heavy atom. The zero-order valence-corrected chi connectivity index (χ0v) is 17.0. The van der Waals surface area contributed by atoms with E-state index in [1.54, 1.807) is 48.8 Å². The van der Waals surface area contributed by atoms with Crippen molar-refractivity contribution in [2.45, 2.75) is 6.61 Å². The molecule has 8 nitrogen and oxygen atoms in total. The molecule has 154 valence electrons. The summed E-state index contributed by atoms with van der Waals surface area (Å²) in [7, 11) is 0. The number of thiophene rings is 1. The first-order valence-corrected chi connectivity index (χ1v) is 10.2. The minimum atomic E-state index is -0.550. The lowest BCUT2D eigenvalue weighted by molar-refractivity contribution is 0.104. The third-order valence-electron chi connectivity index (χ3n) is 4.16. The molecule has 0 fully saturated rings. The minimum Gasteiger partial charge on any atom is -0.444 e. The molecule has 1 amide bonds. The van der Waals surface area contributed by atoms with E-state index in [-0.39, 0.29) is 12.4 Å². The molecule has 0 aliphatic carbocycles. The van der Waals surface area contributed by atoms with Crippen molar-refractivity contribution in [3.63, 3.8) is 0 Å². The third-order valence-corrected chi connectivity index (χ3v) is 5.01. The smallest absolute Gasteiger partial charge is 0.411 e. The van der Waals surface area contributed by atoms with Crippen molar-refractivity contribution in [1.29, 1.82) is 0 Å². The number of amides is 1. The lowest BCUT2D eigenvalue weighted by atomic mass is 10.1. The van der Waals surface area contributed by atoms with Gasteiger partial charge in [0.2, 0.25) is 0 Å². The average Bonchev–Trinajstić information content (AvgIpc) is 3.51. The number of hydrogen-bond acceptors (Lipinski definition) is 7. The molecule has 0 atom stereocenters. The highest BCUT2D eigenvalue weighted by Gasteiger charge is 2.07. The van der Waals surface area contributed by atoms with Gasteiger partial charge in [-0.3, -0.25) is 10.1 Å². The van der Waals surface area contributed by atoms with Crippen molar-refractivity contribution >= 4 is 35.0 Å². The molecule has 3 heterocycles. The van der Waals surface area contributed by atoms with E-state index in [1.807, 2.05) is 23.6 Å². The molecule has 0 spiro atoms. The predicted octanol–water partition coefficient (Wildman–Crippen LogP) is 4.37. The normalized spacial score (nSPS) is 10.8. The predicted molar refractivity (Wildman–Crippen MR) is 117 cm³/mol. The molecule has 31 heavy (non-hydrogen) atoms.